The number of likely N-dealkylation sites (N-methyl/N-ethyl adjacent to an activating group) is 2. The third-order valence-electron chi connectivity index (χ3n) is 13.3. The highest BCUT2D eigenvalue weighted by Crippen LogP contribution is 2.32. The zero-order valence-electron chi connectivity index (χ0n) is 45.7. The molecule has 1 fully saturated rings. The monoisotopic (exact) mass is 1040 g/mol. The molecule has 18 nitrogen and oxygen atoms in total. The van der Waals surface area contributed by atoms with E-state index in [1.54, 1.807) is 106 Å². The lowest BCUT2D eigenvalue weighted by Crippen LogP contribution is -2.60. The molecule has 0 spiro atoms. The maximum atomic E-state index is 14.8. The molecule has 18 heteroatoms. The van der Waals surface area contributed by atoms with Gasteiger partial charge < -0.3 is 40.7 Å². The Balaban J connectivity index is 1.26. The van der Waals surface area contributed by atoms with Gasteiger partial charge >= 0.3 is 18.2 Å². The molecule has 3 aromatic rings. The van der Waals surface area contributed by atoms with Crippen LogP contribution in [0.2, 0.25) is 0 Å². The number of benzene rings is 3. The Hall–Kier alpha value is -7.24. The minimum Gasteiger partial charge on any atom is -0.480 e. The van der Waals surface area contributed by atoms with Crippen molar-refractivity contribution in [2.75, 3.05) is 20.6 Å². The normalized spacial score (nSPS) is 18.3. The van der Waals surface area contributed by atoms with Crippen molar-refractivity contribution in [3.05, 3.63) is 106 Å². The summed E-state index contributed by atoms with van der Waals surface area (Å²) < 4.78 is 10.8. The molecule has 7 amide bonds. The highest BCUT2D eigenvalue weighted by Gasteiger charge is 2.46. The number of nitrogens with one attached hydrogen (secondary N) is 4. The highest BCUT2D eigenvalue weighted by atomic mass is 16.6. The molecule has 0 radical (unpaired) electrons. The van der Waals surface area contributed by atoms with Crippen LogP contribution in [-0.4, -0.2) is 136 Å². The molecule has 0 bridgehead atoms. The summed E-state index contributed by atoms with van der Waals surface area (Å²) in [6.07, 6.45) is 4.93. The fraction of sp³-hybridized carbons (Fsp3) is 0.509. The smallest absolute Gasteiger partial charge is 0.410 e. The number of carboxylic acid groups (broad SMARTS) is 1. The molecule has 5 N–H and O–H groups in total. The zero-order valence-corrected chi connectivity index (χ0v) is 45.7. The maximum Gasteiger partial charge on any atom is 0.410 e. The predicted molar refractivity (Wildman–Crippen MR) is 285 cm³/mol. The average molecular weight is 1040 g/mol. The van der Waals surface area contributed by atoms with Crippen LogP contribution in [0.15, 0.2) is 72.8 Å². The summed E-state index contributed by atoms with van der Waals surface area (Å²) in [5.74, 6) is -3.72. The fourth-order valence-corrected chi connectivity index (χ4v) is 8.72. The summed E-state index contributed by atoms with van der Waals surface area (Å²) in [4.78, 5) is 111. The van der Waals surface area contributed by atoms with Gasteiger partial charge in [0.05, 0.1) is 6.04 Å². The summed E-state index contributed by atoms with van der Waals surface area (Å²) in [5.41, 5.74) is 2.40. The lowest BCUT2D eigenvalue weighted by Gasteiger charge is -2.37. The van der Waals surface area contributed by atoms with E-state index in [4.69, 9.17) is 9.47 Å². The minimum absolute atomic E-state index is 0.00171. The first-order chi connectivity index (χ1) is 34.9. The van der Waals surface area contributed by atoms with Crippen molar-refractivity contribution in [3.63, 3.8) is 0 Å². The van der Waals surface area contributed by atoms with Crippen LogP contribution in [0, 0.1) is 5.41 Å². The van der Waals surface area contributed by atoms with Gasteiger partial charge in [0.2, 0.25) is 23.6 Å². The maximum absolute atomic E-state index is 14.8. The van der Waals surface area contributed by atoms with Gasteiger partial charge in [-0.15, -0.1) is 0 Å². The standard InChI is InChI=1S/C57H77N7O11/c1-34(62(12)53(72)74-56(6,7)8)47(65)60-44(52(70)71)31-38-25-23-36(24-26-38)21-22-37-27-29-40(30-28-37)49(67)58-41-32-45(50(68)59-43-20-16-18-39-17-14-15-19-42(39)43)64(33-41)51(69)46(55(3,4)5)61-48(66)35(2)63(13)54(73)75-57(9,10)11/h14-15,17,19,21-30,34-35,41,43-46H,16,18,20,31-33H2,1-13H3,(H,58,67)(H,59,68)(H,60,65)(H,61,66)(H,70,71)/t34?,35?,41-,43+,44?,45-,46?/m0/s1. The molecule has 75 heavy (non-hydrogen) atoms. The summed E-state index contributed by atoms with van der Waals surface area (Å²) in [7, 11) is 2.86. The third kappa shape index (κ3) is 16.4. The number of amides is 7. The topological polar surface area (TPSA) is 233 Å². The number of hydrogen-bond acceptors (Lipinski definition) is 10. The molecular weight excluding hydrogens is 959 g/mol. The van der Waals surface area contributed by atoms with E-state index >= 15 is 0 Å². The number of carbonyl (C=O) groups is 8. The van der Waals surface area contributed by atoms with Crippen LogP contribution in [0.4, 0.5) is 9.59 Å². The molecular formula is C57H77N7O11. The SMILES string of the molecule is CC(C(=O)NC(Cc1ccc(C=Cc2ccc(C(=O)N[C@H]3C[C@@H](C(=O)N[C@@H]4CCCc5ccccc54)N(C(=O)C(NC(=O)C(C)N(C)C(=O)OC(C)(C)C)C(C)(C)C)C3)cc2)cc1)C(=O)O)N(C)C(=O)OC(C)(C)C. The molecule has 1 saturated heterocycles. The molecule has 3 aromatic carbocycles. The number of carboxylic acids is 1. The van der Waals surface area contributed by atoms with Gasteiger partial charge in [-0.3, -0.25) is 33.8 Å². The Morgan fingerprint density at radius 3 is 1.76 bits per heavy atom. The second-order valence-corrected chi connectivity index (χ2v) is 22.7. The van der Waals surface area contributed by atoms with Crippen molar-refractivity contribution < 1.29 is 52.9 Å². The van der Waals surface area contributed by atoms with Crippen molar-refractivity contribution in [2.45, 2.75) is 162 Å². The number of aryl methyl sites for hydroxylation is 1. The predicted octanol–water partition coefficient (Wildman–Crippen LogP) is 6.90. The first-order valence-electron chi connectivity index (χ1n) is 25.5. The van der Waals surface area contributed by atoms with Crippen molar-refractivity contribution in [2.24, 2.45) is 5.41 Å². The van der Waals surface area contributed by atoms with Gasteiger partial charge in [0.25, 0.3) is 5.91 Å². The van der Waals surface area contributed by atoms with Gasteiger partial charge in [0.1, 0.15) is 41.4 Å². The summed E-state index contributed by atoms with van der Waals surface area (Å²) in [5, 5.41) is 21.6. The Kier molecular flexibility index (Phi) is 19.1. The summed E-state index contributed by atoms with van der Waals surface area (Å²) in [6.45, 7) is 18.7. The first-order valence-corrected chi connectivity index (χ1v) is 25.5. The number of rotatable bonds is 16. The lowest BCUT2D eigenvalue weighted by atomic mass is 9.85. The van der Waals surface area contributed by atoms with E-state index in [2.05, 4.69) is 27.3 Å². The van der Waals surface area contributed by atoms with E-state index in [0.29, 0.717) is 11.1 Å². The van der Waals surface area contributed by atoms with Crippen LogP contribution >= 0.6 is 0 Å². The zero-order chi connectivity index (χ0) is 55.7. The van der Waals surface area contributed by atoms with E-state index in [-0.39, 0.29) is 31.3 Å². The van der Waals surface area contributed by atoms with E-state index in [1.165, 1.54) is 30.8 Å². The van der Waals surface area contributed by atoms with E-state index in [0.717, 1.165) is 46.4 Å². The van der Waals surface area contributed by atoms with Crippen LogP contribution in [0.3, 0.4) is 0 Å². The van der Waals surface area contributed by atoms with Gasteiger partial charge in [0, 0.05) is 38.7 Å². The van der Waals surface area contributed by atoms with E-state index < -0.39 is 94.7 Å². The minimum atomic E-state index is -1.25. The molecule has 406 valence electrons. The highest BCUT2D eigenvalue weighted by molar-refractivity contribution is 5.97. The van der Waals surface area contributed by atoms with Gasteiger partial charge in [0.15, 0.2) is 0 Å². The number of hydrogen-bond donors (Lipinski definition) is 5. The van der Waals surface area contributed by atoms with Crippen LogP contribution in [0.25, 0.3) is 12.2 Å². The average Bonchev–Trinajstić information content (AvgIpc) is 3.76. The molecule has 4 unspecified atom stereocenters. The van der Waals surface area contributed by atoms with Gasteiger partial charge in [-0.1, -0.05) is 93.6 Å². The largest absolute Gasteiger partial charge is 0.480 e. The second kappa shape index (κ2) is 24.4. The van der Waals surface area contributed by atoms with Crippen LogP contribution in [0.5, 0.6) is 0 Å². The number of fused-ring (bicyclic) bond motifs is 1. The van der Waals surface area contributed by atoms with Gasteiger partial charge in [-0.05, 0) is 126 Å². The quantitative estimate of drug-likeness (QED) is 0.0926. The first kappa shape index (κ1) is 58.6. The Morgan fingerprint density at radius 2 is 1.24 bits per heavy atom. The molecule has 1 aliphatic carbocycles. The van der Waals surface area contributed by atoms with Crippen LogP contribution in [0.1, 0.15) is 140 Å². The number of likely N-dealkylation sites (tertiary alicyclic amines) is 1. The summed E-state index contributed by atoms with van der Waals surface area (Å²) in [6, 6.07) is 15.8. The molecule has 0 aromatic heterocycles. The third-order valence-corrected chi connectivity index (χ3v) is 13.3. The van der Waals surface area contributed by atoms with Crippen molar-refractivity contribution >= 4 is 59.8 Å². The fourth-order valence-electron chi connectivity index (χ4n) is 8.72. The van der Waals surface area contributed by atoms with E-state index in [1.807, 2.05) is 42.5 Å². The molecule has 0 saturated carbocycles. The Labute approximate surface area is 441 Å². The Bertz CT molecular complexity index is 2600. The van der Waals surface area contributed by atoms with Crippen LogP contribution in [-0.2, 0) is 46.3 Å². The van der Waals surface area contributed by atoms with Gasteiger partial charge in [-0.25, -0.2) is 14.4 Å². The van der Waals surface area contributed by atoms with Crippen LogP contribution < -0.4 is 21.3 Å². The molecule has 2 aliphatic rings. The molecule has 5 rings (SSSR count). The number of nitrogens with zero attached hydrogens (tertiary/aromatic N) is 3. The van der Waals surface area contributed by atoms with E-state index in [9.17, 15) is 43.5 Å². The molecule has 1 heterocycles. The number of aliphatic carboxylic acids is 1. The van der Waals surface area contributed by atoms with Crippen molar-refractivity contribution in [3.8, 4) is 0 Å². The number of carbonyl (C=O) groups excluding carboxylic acids is 7. The number of ether oxygens (including phenoxy) is 2. The van der Waals surface area contributed by atoms with Gasteiger partial charge in [-0.2, -0.15) is 0 Å². The Morgan fingerprint density at radius 1 is 0.720 bits per heavy atom. The lowest BCUT2D eigenvalue weighted by molar-refractivity contribution is -0.144. The molecule has 1 aliphatic heterocycles. The van der Waals surface area contributed by atoms with Crippen molar-refractivity contribution in [1.82, 2.24) is 36.0 Å². The molecule has 7 atom stereocenters. The summed E-state index contributed by atoms with van der Waals surface area (Å²) >= 11 is 0. The van der Waals surface area contributed by atoms with Crippen molar-refractivity contribution in [1.29, 1.82) is 0 Å². The second-order valence-electron chi connectivity index (χ2n) is 22.7.